The number of fused-ring (bicyclic) bond motifs is 2. The van der Waals surface area contributed by atoms with Gasteiger partial charge in [-0.05, 0) is 57.0 Å². The molecule has 0 spiro atoms. The third kappa shape index (κ3) is 9.14. The molecule has 4 aromatic rings. The molecule has 310 valence electrons. The van der Waals surface area contributed by atoms with Crippen molar-refractivity contribution in [3.8, 4) is 11.5 Å². The summed E-state index contributed by atoms with van der Waals surface area (Å²) in [6.45, 7) is 4.22. The zero-order valence-corrected chi connectivity index (χ0v) is 33.4. The van der Waals surface area contributed by atoms with Crippen molar-refractivity contribution >= 4 is 87.0 Å². The fourth-order valence-electron chi connectivity index (χ4n) is 5.48. The highest BCUT2D eigenvalue weighted by Gasteiger charge is 2.54. The van der Waals surface area contributed by atoms with E-state index < -0.39 is 69.7 Å². The summed E-state index contributed by atoms with van der Waals surface area (Å²) in [4.78, 5) is 96.3. The van der Waals surface area contributed by atoms with Crippen molar-refractivity contribution in [3.63, 3.8) is 0 Å². The summed E-state index contributed by atoms with van der Waals surface area (Å²) < 4.78 is 1.48. The molecule has 0 radical (unpaired) electrons. The second-order valence-corrected chi connectivity index (χ2v) is 16.1. The number of hydrazine groups is 1. The maximum Gasteiger partial charge on any atom is 0.352 e. The zero-order chi connectivity index (χ0) is 42.8. The average molecular weight is 871 g/mol. The van der Waals surface area contributed by atoms with Gasteiger partial charge in [-0.2, -0.15) is 9.50 Å². The number of carbonyl (C=O) groups is 6. The Balaban J connectivity index is 1.14. The summed E-state index contributed by atoms with van der Waals surface area (Å²) in [5.41, 5.74) is 9.85. The number of benzene rings is 1. The van der Waals surface area contributed by atoms with E-state index in [9.17, 15) is 44.1 Å². The van der Waals surface area contributed by atoms with Gasteiger partial charge in [0.25, 0.3) is 29.4 Å². The topological polar surface area (TPSA) is 338 Å². The number of nitrogen functional groups attached to an aromatic ring is 1. The van der Waals surface area contributed by atoms with Gasteiger partial charge in [0, 0.05) is 34.6 Å². The number of phenolic OH excluding ortho intramolecular Hbond substituents is 2. The quantitative estimate of drug-likeness (QED) is 0.0151. The van der Waals surface area contributed by atoms with Crippen molar-refractivity contribution in [1.29, 1.82) is 0 Å². The number of β-lactam (4-membered cyclic amide) rings is 1. The second kappa shape index (κ2) is 17.1. The number of carbonyl (C=O) groups excluding carboxylic acids is 5. The van der Waals surface area contributed by atoms with Gasteiger partial charge in [-0.25, -0.2) is 20.2 Å². The lowest BCUT2D eigenvalue weighted by Crippen LogP contribution is -2.71. The molecule has 1 saturated heterocycles. The Morgan fingerprint density at radius 3 is 2.54 bits per heavy atom. The van der Waals surface area contributed by atoms with Gasteiger partial charge in [0.1, 0.15) is 33.7 Å². The molecule has 59 heavy (non-hydrogen) atoms. The van der Waals surface area contributed by atoms with Gasteiger partial charge in [-0.1, -0.05) is 5.16 Å². The van der Waals surface area contributed by atoms with E-state index in [1.54, 1.807) is 18.5 Å². The number of hydrogen-bond donors (Lipinski definition) is 9. The van der Waals surface area contributed by atoms with Crippen LogP contribution in [0.2, 0.25) is 0 Å². The van der Waals surface area contributed by atoms with Gasteiger partial charge in [0.15, 0.2) is 22.3 Å². The molecule has 0 unspecified atom stereocenters. The molecule has 2 aliphatic rings. The van der Waals surface area contributed by atoms with Crippen LogP contribution >= 0.6 is 34.9 Å². The lowest BCUT2D eigenvalue weighted by molar-refractivity contribution is -0.150. The van der Waals surface area contributed by atoms with Crippen LogP contribution in [0.4, 0.5) is 5.13 Å². The van der Waals surface area contributed by atoms with Gasteiger partial charge in [0.05, 0.1) is 0 Å². The van der Waals surface area contributed by atoms with Gasteiger partial charge in [-0.15, -0.1) is 40.0 Å². The third-order valence-corrected chi connectivity index (χ3v) is 11.6. The number of nitrogens with zero attached hydrogens (tertiary/aromatic N) is 7. The van der Waals surface area contributed by atoms with Crippen molar-refractivity contribution < 1.29 is 54.1 Å². The monoisotopic (exact) mass is 870 g/mol. The highest BCUT2D eigenvalue weighted by Crippen LogP contribution is 2.42. The molecular weight excluding hydrogens is 837 g/mol. The van der Waals surface area contributed by atoms with E-state index in [-0.39, 0.29) is 52.2 Å². The van der Waals surface area contributed by atoms with Crippen molar-refractivity contribution in [2.24, 2.45) is 5.16 Å². The number of nitrogens with one attached hydrogen (secondary N) is 4. The van der Waals surface area contributed by atoms with Crippen molar-refractivity contribution in [1.82, 2.24) is 51.1 Å². The van der Waals surface area contributed by atoms with Crippen LogP contribution < -0.4 is 27.4 Å². The lowest BCUT2D eigenvalue weighted by atomic mass is 10.0. The van der Waals surface area contributed by atoms with Crippen molar-refractivity contribution in [2.75, 3.05) is 17.2 Å². The van der Waals surface area contributed by atoms with E-state index in [0.717, 1.165) is 28.4 Å². The zero-order valence-electron chi connectivity index (χ0n) is 30.9. The number of thiazole rings is 1. The maximum absolute atomic E-state index is 13.7. The Bertz CT molecular complexity index is 2450. The number of oxime groups is 1. The van der Waals surface area contributed by atoms with Crippen LogP contribution in [0.15, 0.2) is 51.1 Å². The first kappa shape index (κ1) is 42.1. The van der Waals surface area contributed by atoms with E-state index >= 15 is 0 Å². The predicted octanol–water partition coefficient (Wildman–Crippen LogP) is -0.188. The molecule has 5 heterocycles. The van der Waals surface area contributed by atoms with Crippen LogP contribution in [-0.4, -0.2) is 120 Å². The minimum absolute atomic E-state index is 0.0517. The molecule has 26 heteroatoms. The number of phenols is 2. The number of aliphatic carboxylic acids is 1. The molecule has 5 amide bonds. The fourth-order valence-corrected chi connectivity index (χ4v) is 8.53. The van der Waals surface area contributed by atoms with Crippen molar-refractivity contribution in [2.45, 2.75) is 55.7 Å². The molecule has 3 aromatic heterocycles. The Morgan fingerprint density at radius 2 is 1.86 bits per heavy atom. The van der Waals surface area contributed by atoms with E-state index in [0.29, 0.717) is 22.1 Å². The van der Waals surface area contributed by atoms with Gasteiger partial charge < -0.3 is 31.2 Å². The number of carboxylic acid groups (broad SMARTS) is 1. The van der Waals surface area contributed by atoms with Crippen LogP contribution in [0, 0.1) is 6.92 Å². The number of rotatable bonds is 14. The smallest absolute Gasteiger partial charge is 0.352 e. The molecule has 1 aromatic carbocycles. The van der Waals surface area contributed by atoms with Crippen LogP contribution in [0.3, 0.4) is 0 Å². The molecular formula is C33H34N12O11S3. The number of thioether (sulfide) groups is 2. The second-order valence-electron chi connectivity index (χ2n) is 13.1. The summed E-state index contributed by atoms with van der Waals surface area (Å²) in [7, 11) is 0. The Hall–Kier alpha value is -6.51. The molecule has 0 bridgehead atoms. The van der Waals surface area contributed by atoms with E-state index in [4.69, 9.17) is 15.8 Å². The molecule has 0 aliphatic carbocycles. The minimum Gasteiger partial charge on any atom is -0.504 e. The molecule has 2 aliphatic heterocycles. The summed E-state index contributed by atoms with van der Waals surface area (Å²) >= 11 is 3.41. The number of carboxylic acids is 1. The number of amides is 5. The molecule has 0 saturated carbocycles. The minimum atomic E-state index is -1.83. The van der Waals surface area contributed by atoms with E-state index in [1.165, 1.54) is 53.3 Å². The SMILES string of the molecule is Cc1nc2nc(CCC(=O)NO)cc(SCC3=C(C(=O)O)N4C(=O)[C@@H](NC(=O)/C(=N/OC(C)(C)C(=O)NNC(=O)c5ccc(O)c(O)c5)c5csc(N)n5)[C@H]4SC3)n2n1. The first-order valence-corrected chi connectivity index (χ1v) is 20.0. The number of hydrogen-bond acceptors (Lipinski definition) is 19. The van der Waals surface area contributed by atoms with E-state index in [2.05, 4.69) is 41.4 Å². The summed E-state index contributed by atoms with van der Waals surface area (Å²) in [5, 5.41) is 50.3. The summed E-state index contributed by atoms with van der Waals surface area (Å²) in [6, 6.07) is 3.74. The van der Waals surface area contributed by atoms with Gasteiger partial charge >= 0.3 is 5.97 Å². The molecule has 2 atom stereocenters. The number of hydroxylamine groups is 1. The standard InChI is InChI=1S/C33H34N12O11S3/c1-13-35-32-36-16(5-7-20(48)42-55)9-21(45(32)41-13)57-10-15-11-58-28-23(27(51)44(28)24(15)29(52)53)38-26(50)22(17-12-59-31(34)37-17)43-56-33(2,3)30(54)40-39-25(49)14-4-6-18(46)19(47)8-14/h4,6,8-9,12,23,28,46-47,55H,5,7,10-11H2,1-3H3,(H2,34,37)(H,38,50)(H,39,49)(H,40,54)(H,42,48)(H,52,53)/b43-22+/t23-,28-/m1/s1. The van der Waals surface area contributed by atoms with E-state index in [1.807, 2.05) is 0 Å². The van der Waals surface area contributed by atoms with Crippen LogP contribution in [0.25, 0.3) is 5.78 Å². The highest BCUT2D eigenvalue weighted by molar-refractivity contribution is 8.01. The molecule has 6 rings (SSSR count). The number of aromatic nitrogens is 5. The van der Waals surface area contributed by atoms with Crippen LogP contribution in [0.5, 0.6) is 11.5 Å². The first-order chi connectivity index (χ1) is 28.0. The fraction of sp³-hybridized carbons (Fsp3) is 0.303. The van der Waals surface area contributed by atoms with Gasteiger partial charge in [-0.3, -0.25) is 44.9 Å². The number of anilines is 1. The molecule has 10 N–H and O–H groups in total. The summed E-state index contributed by atoms with van der Waals surface area (Å²) in [5.74, 6) is -5.43. The number of aromatic hydroxyl groups is 2. The predicted molar refractivity (Wildman–Crippen MR) is 208 cm³/mol. The molecule has 1 fully saturated rings. The first-order valence-electron chi connectivity index (χ1n) is 17.1. The van der Waals surface area contributed by atoms with Crippen LogP contribution in [-0.2, 0) is 35.2 Å². The largest absolute Gasteiger partial charge is 0.504 e. The maximum atomic E-state index is 13.7. The van der Waals surface area contributed by atoms with Gasteiger partial charge in [0.2, 0.25) is 11.5 Å². The number of nitrogens with two attached hydrogens (primary N) is 1. The normalized spacial score (nSPS) is 16.6. The number of aryl methyl sites for hydroxylation is 2. The highest BCUT2D eigenvalue weighted by atomic mass is 32.2. The Labute approximate surface area is 344 Å². The Kier molecular flexibility index (Phi) is 12.2. The molecule has 23 nitrogen and oxygen atoms in total. The average Bonchev–Trinajstić information content (AvgIpc) is 3.81. The summed E-state index contributed by atoms with van der Waals surface area (Å²) in [6.07, 6.45) is 0.125. The lowest BCUT2D eigenvalue weighted by Gasteiger charge is -2.49. The third-order valence-electron chi connectivity index (χ3n) is 8.52. The Morgan fingerprint density at radius 1 is 1.10 bits per heavy atom. The van der Waals surface area contributed by atoms with Crippen LogP contribution in [0.1, 0.15) is 47.8 Å². The van der Waals surface area contributed by atoms with Crippen molar-refractivity contribution in [3.05, 3.63) is 63.7 Å².